The van der Waals surface area contributed by atoms with Crippen molar-refractivity contribution >= 4 is 8.41 Å². The average molecular weight is 223 g/mol. The second-order valence-corrected chi connectivity index (χ2v) is 3.47. The molecule has 93 valence electrons. The lowest BCUT2D eigenvalue weighted by Gasteiger charge is -1.76. The summed E-state index contributed by atoms with van der Waals surface area (Å²) in [4.78, 5) is 0. The number of ether oxygens (including phenoxy) is 1. The Morgan fingerprint density at radius 2 is 1.31 bits per heavy atom. The fraction of sp³-hybridized carbons (Fsp3) is 0.714. The van der Waals surface area contributed by atoms with Crippen molar-refractivity contribution in [3.63, 3.8) is 0 Å². The lowest BCUT2D eigenvalue weighted by Crippen LogP contribution is -1.74. The molecular weight excluding hydrogens is 195 g/mol. The number of hydrogen-bond donors (Lipinski definition) is 0. The van der Waals surface area contributed by atoms with Crippen LogP contribution in [0, 0.1) is 0 Å². The van der Waals surface area contributed by atoms with Gasteiger partial charge in [-0.15, -0.1) is 13.2 Å². The SMILES string of the molecule is C1CCOC1.C=CCCC.C=CCCC.[B]. The molecule has 1 saturated heterocycles. The molecule has 3 radical (unpaired) electrons. The highest BCUT2D eigenvalue weighted by molar-refractivity contribution is 5.75. The first-order valence-electron chi connectivity index (χ1n) is 6.12. The zero-order valence-electron chi connectivity index (χ0n) is 11.2. The van der Waals surface area contributed by atoms with Crippen molar-refractivity contribution in [1.29, 1.82) is 0 Å². The minimum atomic E-state index is 0. The van der Waals surface area contributed by atoms with E-state index in [4.69, 9.17) is 4.74 Å². The van der Waals surface area contributed by atoms with Crippen LogP contribution >= 0.6 is 0 Å². The maximum atomic E-state index is 4.94. The van der Waals surface area contributed by atoms with E-state index in [2.05, 4.69) is 27.0 Å². The number of allylic oxidation sites excluding steroid dienone is 2. The largest absolute Gasteiger partial charge is 0.381 e. The predicted octanol–water partition coefficient (Wildman–Crippen LogP) is 4.36. The summed E-state index contributed by atoms with van der Waals surface area (Å²) in [5.74, 6) is 0. The van der Waals surface area contributed by atoms with Gasteiger partial charge in [0.1, 0.15) is 0 Å². The Morgan fingerprint density at radius 1 is 0.938 bits per heavy atom. The van der Waals surface area contributed by atoms with Crippen molar-refractivity contribution < 1.29 is 4.74 Å². The normalized spacial score (nSPS) is 12.1. The molecule has 0 bridgehead atoms. The topological polar surface area (TPSA) is 9.23 Å². The third-order valence-electron chi connectivity index (χ3n) is 1.81. The molecule has 1 aliphatic rings. The van der Waals surface area contributed by atoms with Gasteiger partial charge in [-0.25, -0.2) is 0 Å². The predicted molar refractivity (Wildman–Crippen MR) is 76.0 cm³/mol. The minimum Gasteiger partial charge on any atom is -0.381 e. The van der Waals surface area contributed by atoms with Crippen molar-refractivity contribution in [1.82, 2.24) is 0 Å². The maximum Gasteiger partial charge on any atom is 0.0466 e. The molecule has 0 aromatic heterocycles. The van der Waals surface area contributed by atoms with Crippen LogP contribution in [-0.2, 0) is 4.74 Å². The van der Waals surface area contributed by atoms with Gasteiger partial charge in [0.25, 0.3) is 0 Å². The summed E-state index contributed by atoms with van der Waals surface area (Å²) in [6.45, 7) is 13.4. The monoisotopic (exact) mass is 223 g/mol. The number of unbranched alkanes of at least 4 members (excludes halogenated alkanes) is 2. The van der Waals surface area contributed by atoms with Crippen LogP contribution in [0.4, 0.5) is 0 Å². The quantitative estimate of drug-likeness (QED) is 0.508. The second kappa shape index (κ2) is 24.0. The van der Waals surface area contributed by atoms with Crippen molar-refractivity contribution in [3.05, 3.63) is 25.3 Å². The van der Waals surface area contributed by atoms with E-state index in [0.29, 0.717) is 0 Å². The Labute approximate surface area is 105 Å². The van der Waals surface area contributed by atoms with Crippen LogP contribution in [0.15, 0.2) is 25.3 Å². The summed E-state index contributed by atoms with van der Waals surface area (Å²) in [7, 11) is 0. The highest BCUT2D eigenvalue weighted by atomic mass is 16.5. The minimum absolute atomic E-state index is 0. The first-order valence-corrected chi connectivity index (χ1v) is 6.12. The number of rotatable bonds is 4. The van der Waals surface area contributed by atoms with Crippen molar-refractivity contribution in [2.75, 3.05) is 13.2 Å². The van der Waals surface area contributed by atoms with E-state index in [1.54, 1.807) is 0 Å². The first kappa shape index (κ1) is 20.9. The van der Waals surface area contributed by atoms with Gasteiger partial charge < -0.3 is 4.74 Å². The lowest BCUT2D eigenvalue weighted by atomic mass is 10.3. The maximum absolute atomic E-state index is 4.94. The molecule has 1 rings (SSSR count). The van der Waals surface area contributed by atoms with E-state index in [1.165, 1.54) is 25.7 Å². The molecule has 0 amide bonds. The van der Waals surface area contributed by atoms with E-state index in [0.717, 1.165) is 26.1 Å². The number of hydrogen-bond acceptors (Lipinski definition) is 1. The van der Waals surface area contributed by atoms with E-state index >= 15 is 0 Å². The summed E-state index contributed by atoms with van der Waals surface area (Å²) in [6, 6.07) is 0. The molecule has 2 heteroatoms. The first-order chi connectivity index (χ1) is 7.33. The van der Waals surface area contributed by atoms with E-state index in [9.17, 15) is 0 Å². The summed E-state index contributed by atoms with van der Waals surface area (Å²) in [5.41, 5.74) is 0. The van der Waals surface area contributed by atoms with Gasteiger partial charge in [0.05, 0.1) is 0 Å². The molecule has 0 aromatic carbocycles. The molecule has 1 aliphatic heterocycles. The molecule has 0 N–H and O–H groups in total. The van der Waals surface area contributed by atoms with Crippen LogP contribution in [0.5, 0.6) is 0 Å². The summed E-state index contributed by atoms with van der Waals surface area (Å²) < 4.78 is 4.94. The summed E-state index contributed by atoms with van der Waals surface area (Å²) in [5, 5.41) is 0. The fourth-order valence-electron chi connectivity index (χ4n) is 0.919. The van der Waals surface area contributed by atoms with E-state index in [1.807, 2.05) is 12.2 Å². The van der Waals surface area contributed by atoms with Gasteiger partial charge in [0.2, 0.25) is 0 Å². The Morgan fingerprint density at radius 3 is 1.38 bits per heavy atom. The molecule has 0 aromatic rings. The van der Waals surface area contributed by atoms with Crippen molar-refractivity contribution in [3.8, 4) is 0 Å². The van der Waals surface area contributed by atoms with E-state index < -0.39 is 0 Å². The average Bonchev–Trinajstić information content (AvgIpc) is 2.79. The van der Waals surface area contributed by atoms with Crippen LogP contribution < -0.4 is 0 Å². The Bertz CT molecular complexity index is 102. The zero-order chi connectivity index (χ0) is 11.8. The van der Waals surface area contributed by atoms with Crippen LogP contribution in [0.1, 0.15) is 52.4 Å². The van der Waals surface area contributed by atoms with Gasteiger partial charge in [-0.3, -0.25) is 0 Å². The lowest BCUT2D eigenvalue weighted by molar-refractivity contribution is 0.198. The van der Waals surface area contributed by atoms with Crippen molar-refractivity contribution in [2.45, 2.75) is 52.4 Å². The van der Waals surface area contributed by atoms with Gasteiger partial charge in [0, 0.05) is 21.6 Å². The fourth-order valence-corrected chi connectivity index (χ4v) is 0.919. The molecule has 0 atom stereocenters. The van der Waals surface area contributed by atoms with Crippen LogP contribution in [0.2, 0.25) is 0 Å². The van der Waals surface area contributed by atoms with Gasteiger partial charge in [-0.05, 0) is 25.7 Å². The molecular formula is C14H28BO. The Kier molecular flexibility index (Phi) is 31.3. The van der Waals surface area contributed by atoms with Gasteiger partial charge >= 0.3 is 0 Å². The molecule has 1 nitrogen and oxygen atoms in total. The van der Waals surface area contributed by atoms with Gasteiger partial charge in [0.15, 0.2) is 0 Å². The van der Waals surface area contributed by atoms with Crippen molar-refractivity contribution in [2.24, 2.45) is 0 Å². The zero-order valence-corrected chi connectivity index (χ0v) is 11.2. The molecule has 0 unspecified atom stereocenters. The third-order valence-corrected chi connectivity index (χ3v) is 1.81. The standard InChI is InChI=1S/2C5H10.C4H8O.B/c2*1-3-5-4-2;1-2-4-5-3-1;/h2*3H,1,4-5H2,2H3;1-4H2;. The second-order valence-electron chi connectivity index (χ2n) is 3.47. The smallest absolute Gasteiger partial charge is 0.0466 e. The molecule has 0 saturated carbocycles. The molecule has 0 spiro atoms. The summed E-state index contributed by atoms with van der Waals surface area (Å²) in [6.07, 6.45) is 11.2. The Balaban J connectivity index is -0.000000154. The highest BCUT2D eigenvalue weighted by Crippen LogP contribution is 1.98. The Hall–Kier alpha value is -0.495. The third kappa shape index (κ3) is 29.2. The molecule has 1 heterocycles. The summed E-state index contributed by atoms with van der Waals surface area (Å²) >= 11 is 0. The van der Waals surface area contributed by atoms with Crippen LogP contribution in [-0.4, -0.2) is 21.6 Å². The molecule has 0 aliphatic carbocycles. The highest BCUT2D eigenvalue weighted by Gasteiger charge is 1.94. The van der Waals surface area contributed by atoms with Crippen LogP contribution in [0.25, 0.3) is 0 Å². The van der Waals surface area contributed by atoms with Gasteiger partial charge in [-0.1, -0.05) is 38.8 Å². The molecule has 16 heavy (non-hydrogen) atoms. The van der Waals surface area contributed by atoms with Gasteiger partial charge in [-0.2, -0.15) is 0 Å². The van der Waals surface area contributed by atoms with Crippen LogP contribution in [0.3, 0.4) is 0 Å². The van der Waals surface area contributed by atoms with E-state index in [-0.39, 0.29) is 8.41 Å². The molecule has 1 fully saturated rings.